The fourth-order valence-corrected chi connectivity index (χ4v) is 4.61. The molecule has 1 N–H and O–H groups in total. The number of rotatable bonds is 8. The molecule has 1 aliphatic heterocycles. The van der Waals surface area contributed by atoms with Crippen molar-refractivity contribution in [3.63, 3.8) is 0 Å². The molecular weight excluding hydrogens is 408 g/mol. The van der Waals surface area contributed by atoms with Crippen LogP contribution < -0.4 is 5.32 Å². The molecule has 0 unspecified atom stereocenters. The molecule has 8 heteroatoms. The summed E-state index contributed by atoms with van der Waals surface area (Å²) in [5.74, 6) is 0.911. The van der Waals surface area contributed by atoms with Gasteiger partial charge in [0, 0.05) is 30.9 Å². The van der Waals surface area contributed by atoms with E-state index in [1.807, 2.05) is 6.92 Å². The smallest absolute Gasteiger partial charge is 0.253 e. The number of likely N-dealkylation sites (tertiary alicyclic amines) is 1. The number of hydrogen-bond acceptors (Lipinski definition) is 6. The summed E-state index contributed by atoms with van der Waals surface area (Å²) in [5.41, 5.74) is 5.67. The molecule has 0 bridgehead atoms. The molecule has 4 rings (SSSR count). The van der Waals surface area contributed by atoms with Gasteiger partial charge in [0.05, 0.1) is 5.75 Å². The molecule has 0 aliphatic carbocycles. The quantitative estimate of drug-likeness (QED) is 0.545. The molecule has 1 amide bonds. The van der Waals surface area contributed by atoms with E-state index < -0.39 is 0 Å². The highest BCUT2D eigenvalue weighted by Gasteiger charge is 2.15. The Kier molecular flexibility index (Phi) is 6.87. The summed E-state index contributed by atoms with van der Waals surface area (Å²) < 4.78 is 1.80. The maximum atomic E-state index is 12.2. The Hall–Kier alpha value is -2.45. The average Bonchev–Trinajstić information content (AvgIpc) is 3.41. The molecular formula is C23H30N6OS. The van der Waals surface area contributed by atoms with Gasteiger partial charge in [-0.05, 0) is 57.8 Å². The zero-order valence-electron chi connectivity index (χ0n) is 18.5. The predicted molar refractivity (Wildman–Crippen MR) is 124 cm³/mol. The van der Waals surface area contributed by atoms with Gasteiger partial charge in [0.2, 0.25) is 11.1 Å². The van der Waals surface area contributed by atoms with Crippen molar-refractivity contribution in [1.82, 2.24) is 29.8 Å². The van der Waals surface area contributed by atoms with Crippen molar-refractivity contribution >= 4 is 23.4 Å². The number of hydrogen-bond donors (Lipinski definition) is 1. The second-order valence-electron chi connectivity index (χ2n) is 8.22. The van der Waals surface area contributed by atoms with Crippen LogP contribution in [0.1, 0.15) is 40.9 Å². The van der Waals surface area contributed by atoms with Crippen LogP contribution in [-0.4, -0.2) is 62.3 Å². The van der Waals surface area contributed by atoms with Crippen molar-refractivity contribution in [2.75, 3.05) is 31.9 Å². The molecule has 1 aliphatic rings. The van der Waals surface area contributed by atoms with E-state index in [-0.39, 0.29) is 5.91 Å². The minimum Gasteiger partial charge on any atom is -0.354 e. The maximum absolute atomic E-state index is 12.2. The molecule has 0 spiro atoms. The molecule has 0 atom stereocenters. The van der Waals surface area contributed by atoms with Gasteiger partial charge in [-0.2, -0.15) is 4.98 Å². The summed E-state index contributed by atoms with van der Waals surface area (Å²) in [4.78, 5) is 23.8. The van der Waals surface area contributed by atoms with E-state index in [1.165, 1.54) is 35.7 Å². The molecule has 164 valence electrons. The number of fused-ring (bicyclic) bond motifs is 1. The van der Waals surface area contributed by atoms with Crippen LogP contribution in [0.4, 0.5) is 0 Å². The summed E-state index contributed by atoms with van der Waals surface area (Å²) in [5, 5.41) is 8.18. The van der Waals surface area contributed by atoms with Crippen molar-refractivity contribution in [3.05, 3.63) is 52.3 Å². The van der Waals surface area contributed by atoms with E-state index in [1.54, 1.807) is 4.52 Å². The minimum atomic E-state index is 0.0176. The lowest BCUT2D eigenvalue weighted by molar-refractivity contribution is -0.118. The third-order valence-electron chi connectivity index (χ3n) is 5.81. The number of carbonyl (C=O) groups excluding carboxylic acids is 1. The van der Waals surface area contributed by atoms with Gasteiger partial charge in [-0.1, -0.05) is 41.6 Å². The van der Waals surface area contributed by atoms with Crippen LogP contribution in [0, 0.1) is 20.8 Å². The Morgan fingerprint density at radius 2 is 1.84 bits per heavy atom. The third kappa shape index (κ3) is 5.43. The summed E-state index contributed by atoms with van der Waals surface area (Å²) in [7, 11) is 0. The third-order valence-corrected chi connectivity index (χ3v) is 6.65. The van der Waals surface area contributed by atoms with Gasteiger partial charge in [-0.3, -0.25) is 4.79 Å². The van der Waals surface area contributed by atoms with Gasteiger partial charge in [0.1, 0.15) is 0 Å². The SMILES string of the molecule is Cc1ccc(Cc2c(C)nc3nc(SCC(=O)NCCN4CCCC4)nn3c2C)cc1. The van der Waals surface area contributed by atoms with Gasteiger partial charge in [-0.15, -0.1) is 5.10 Å². The first kappa shape index (κ1) is 21.8. The van der Waals surface area contributed by atoms with E-state index in [0.717, 1.165) is 43.0 Å². The molecule has 7 nitrogen and oxygen atoms in total. The number of nitrogens with one attached hydrogen (secondary N) is 1. The van der Waals surface area contributed by atoms with Crippen LogP contribution in [-0.2, 0) is 11.2 Å². The van der Waals surface area contributed by atoms with Gasteiger partial charge in [0.15, 0.2) is 0 Å². The Balaban J connectivity index is 1.38. The number of carbonyl (C=O) groups is 1. The molecule has 1 fully saturated rings. The lowest BCUT2D eigenvalue weighted by Crippen LogP contribution is -2.34. The molecule has 3 aromatic rings. The number of aromatic nitrogens is 4. The van der Waals surface area contributed by atoms with Crippen LogP contribution in [0.3, 0.4) is 0 Å². The van der Waals surface area contributed by atoms with Gasteiger partial charge in [-0.25, -0.2) is 9.50 Å². The molecule has 0 saturated carbocycles. The average molecular weight is 439 g/mol. The van der Waals surface area contributed by atoms with Crippen LogP contribution in [0.15, 0.2) is 29.4 Å². The molecule has 3 heterocycles. The van der Waals surface area contributed by atoms with Gasteiger partial charge >= 0.3 is 0 Å². The summed E-state index contributed by atoms with van der Waals surface area (Å²) in [6.45, 7) is 10.1. The van der Waals surface area contributed by atoms with Gasteiger partial charge in [0.25, 0.3) is 5.78 Å². The van der Waals surface area contributed by atoms with Crippen molar-refractivity contribution in [1.29, 1.82) is 0 Å². The highest BCUT2D eigenvalue weighted by Crippen LogP contribution is 2.21. The largest absolute Gasteiger partial charge is 0.354 e. The number of thioether (sulfide) groups is 1. The van der Waals surface area contributed by atoms with E-state index >= 15 is 0 Å². The lowest BCUT2D eigenvalue weighted by Gasteiger charge is -2.14. The summed E-state index contributed by atoms with van der Waals surface area (Å²) in [6, 6.07) is 8.57. The van der Waals surface area contributed by atoms with Crippen molar-refractivity contribution < 1.29 is 4.79 Å². The normalized spacial score (nSPS) is 14.4. The molecule has 2 aromatic heterocycles. The van der Waals surface area contributed by atoms with Crippen LogP contribution in [0.5, 0.6) is 0 Å². The fourth-order valence-electron chi connectivity index (χ4n) is 3.96. The van der Waals surface area contributed by atoms with Crippen LogP contribution in [0.2, 0.25) is 0 Å². The van der Waals surface area contributed by atoms with Gasteiger partial charge < -0.3 is 10.2 Å². The number of nitrogens with zero attached hydrogens (tertiary/aromatic N) is 5. The second-order valence-corrected chi connectivity index (χ2v) is 9.16. The second kappa shape index (κ2) is 9.78. The maximum Gasteiger partial charge on any atom is 0.253 e. The fraction of sp³-hybridized carbons (Fsp3) is 0.478. The van der Waals surface area contributed by atoms with E-state index in [0.29, 0.717) is 23.2 Å². The summed E-state index contributed by atoms with van der Waals surface area (Å²) >= 11 is 1.35. The number of aryl methyl sites for hydroxylation is 3. The van der Waals surface area contributed by atoms with Crippen molar-refractivity contribution in [2.24, 2.45) is 0 Å². The number of amides is 1. The van der Waals surface area contributed by atoms with Crippen molar-refractivity contribution in [2.45, 2.75) is 45.2 Å². The molecule has 1 saturated heterocycles. The predicted octanol–water partition coefficient (Wildman–Crippen LogP) is 2.94. The van der Waals surface area contributed by atoms with Crippen LogP contribution in [0.25, 0.3) is 5.78 Å². The van der Waals surface area contributed by atoms with E-state index in [4.69, 9.17) is 0 Å². The van der Waals surface area contributed by atoms with E-state index in [2.05, 4.69) is 63.4 Å². The molecule has 0 radical (unpaired) electrons. The highest BCUT2D eigenvalue weighted by molar-refractivity contribution is 7.99. The first-order valence-corrected chi connectivity index (χ1v) is 11.9. The molecule has 1 aromatic carbocycles. The number of benzene rings is 1. The zero-order valence-corrected chi connectivity index (χ0v) is 19.3. The highest BCUT2D eigenvalue weighted by atomic mass is 32.2. The topological polar surface area (TPSA) is 75.4 Å². The van der Waals surface area contributed by atoms with Crippen molar-refractivity contribution in [3.8, 4) is 0 Å². The minimum absolute atomic E-state index is 0.0176. The lowest BCUT2D eigenvalue weighted by atomic mass is 10.0. The zero-order chi connectivity index (χ0) is 21.8. The van der Waals surface area contributed by atoms with E-state index in [9.17, 15) is 4.79 Å². The monoisotopic (exact) mass is 438 g/mol. The Morgan fingerprint density at radius 3 is 2.58 bits per heavy atom. The first-order chi connectivity index (χ1) is 15.0. The Morgan fingerprint density at radius 1 is 1.10 bits per heavy atom. The Bertz CT molecular complexity index is 1060. The first-order valence-electron chi connectivity index (χ1n) is 10.9. The standard InChI is InChI=1S/C23H30N6OS/c1-16-6-8-19(9-7-16)14-20-17(2)25-22-26-23(27-29(22)18(20)3)31-15-21(30)24-10-13-28-11-4-5-12-28/h6-9H,4-5,10-15H2,1-3H3,(H,24,30). The Labute approximate surface area is 187 Å². The van der Waals surface area contributed by atoms with Crippen LogP contribution >= 0.6 is 11.8 Å². The summed E-state index contributed by atoms with van der Waals surface area (Å²) in [6.07, 6.45) is 3.34. The molecule has 31 heavy (non-hydrogen) atoms.